The highest BCUT2D eigenvalue weighted by Crippen LogP contribution is 2.38. The van der Waals surface area contributed by atoms with Gasteiger partial charge >= 0.3 is 5.97 Å². The molecular formula is C18H25ClO3. The zero-order valence-electron chi connectivity index (χ0n) is 13.4. The third-order valence-corrected chi connectivity index (χ3v) is 4.61. The third kappa shape index (κ3) is 4.72. The summed E-state index contributed by atoms with van der Waals surface area (Å²) in [6.07, 6.45) is 6.31. The largest absolute Gasteiger partial charge is 0.467 e. The molecule has 1 saturated heterocycles. The van der Waals surface area contributed by atoms with Gasteiger partial charge in [0.05, 0.1) is 13.7 Å². The predicted molar refractivity (Wildman–Crippen MR) is 88.1 cm³/mol. The second kappa shape index (κ2) is 7.98. The molecular weight excluding hydrogens is 300 g/mol. The number of rotatable bonds is 9. The molecule has 0 radical (unpaired) electrons. The molecule has 1 heterocycles. The lowest BCUT2D eigenvalue weighted by atomic mass is 9.87. The molecule has 0 N–H and O–H groups in total. The fraction of sp³-hybridized carbons (Fsp3) is 0.611. The lowest BCUT2D eigenvalue weighted by Gasteiger charge is -2.19. The van der Waals surface area contributed by atoms with E-state index in [1.807, 2.05) is 12.1 Å². The van der Waals surface area contributed by atoms with Crippen molar-refractivity contribution in [1.29, 1.82) is 0 Å². The molecule has 2 rings (SSSR count). The van der Waals surface area contributed by atoms with Gasteiger partial charge in [0.1, 0.15) is 0 Å². The second-order valence-electron chi connectivity index (χ2n) is 6.15. The quantitative estimate of drug-likeness (QED) is 0.499. The molecule has 0 aliphatic carbocycles. The number of aryl methyl sites for hydroxylation is 1. The highest BCUT2D eigenvalue weighted by atomic mass is 35.5. The third-order valence-electron chi connectivity index (χ3n) is 4.36. The number of ether oxygens (including phenoxy) is 2. The second-order valence-corrected chi connectivity index (χ2v) is 6.59. The first-order valence-corrected chi connectivity index (χ1v) is 8.44. The summed E-state index contributed by atoms with van der Waals surface area (Å²) in [5, 5.41) is 0.776. The van der Waals surface area contributed by atoms with Crippen LogP contribution >= 0.6 is 11.6 Å². The topological polar surface area (TPSA) is 38.8 Å². The maximum atomic E-state index is 11.8. The number of carbonyl (C=O) groups is 1. The van der Waals surface area contributed by atoms with Gasteiger partial charge in [0, 0.05) is 5.02 Å². The number of epoxide rings is 1. The van der Waals surface area contributed by atoms with Crippen LogP contribution in [0.2, 0.25) is 5.02 Å². The molecule has 1 aliphatic rings. The number of hydrogen-bond donors (Lipinski definition) is 0. The van der Waals surface area contributed by atoms with Crippen LogP contribution in [-0.4, -0.2) is 25.3 Å². The van der Waals surface area contributed by atoms with E-state index in [1.165, 1.54) is 12.7 Å². The highest BCUT2D eigenvalue weighted by Gasteiger charge is 2.54. The van der Waals surface area contributed by atoms with E-state index in [9.17, 15) is 4.79 Å². The normalized spacial score (nSPS) is 21.4. The van der Waals surface area contributed by atoms with Crippen LogP contribution in [0.15, 0.2) is 24.3 Å². The zero-order chi connectivity index (χ0) is 16.0. The van der Waals surface area contributed by atoms with Gasteiger partial charge in [-0.25, -0.2) is 4.79 Å². The summed E-state index contributed by atoms with van der Waals surface area (Å²) in [6.45, 7) is 2.70. The predicted octanol–water partition coefficient (Wildman–Crippen LogP) is 4.41. The van der Waals surface area contributed by atoms with Crippen molar-refractivity contribution in [3.63, 3.8) is 0 Å². The van der Waals surface area contributed by atoms with Crippen LogP contribution in [0.5, 0.6) is 0 Å². The summed E-state index contributed by atoms with van der Waals surface area (Å²) in [5.74, 6) is 0.296. The van der Waals surface area contributed by atoms with Crippen LogP contribution in [0.25, 0.3) is 0 Å². The number of benzene rings is 1. The molecule has 0 spiro atoms. The summed E-state index contributed by atoms with van der Waals surface area (Å²) in [7, 11) is 1.43. The van der Waals surface area contributed by atoms with Crippen LogP contribution in [0.4, 0.5) is 0 Å². The summed E-state index contributed by atoms with van der Waals surface area (Å²) in [4.78, 5) is 11.8. The first-order chi connectivity index (χ1) is 10.6. The first-order valence-electron chi connectivity index (χ1n) is 8.06. The summed E-state index contributed by atoms with van der Waals surface area (Å²) < 4.78 is 10.3. The smallest absolute Gasteiger partial charge is 0.340 e. The molecule has 0 bridgehead atoms. The monoisotopic (exact) mass is 324 g/mol. The van der Waals surface area contributed by atoms with Crippen molar-refractivity contribution in [2.75, 3.05) is 13.7 Å². The number of methoxy groups -OCH3 is 1. The Balaban J connectivity index is 1.81. The molecule has 3 nitrogen and oxygen atoms in total. The standard InChI is InChI=1S/C18H25ClO3/c1-3-5-15(12-18(13-22-18)17(20)21-2)7-4-6-14-8-10-16(19)11-9-14/h8-11,15H,3-7,12-13H2,1-2H3. The maximum absolute atomic E-state index is 11.8. The minimum atomic E-state index is -0.644. The van der Waals surface area contributed by atoms with Gasteiger partial charge in [0.2, 0.25) is 0 Å². The summed E-state index contributed by atoms with van der Waals surface area (Å²) in [6, 6.07) is 8.03. The van der Waals surface area contributed by atoms with E-state index in [0.29, 0.717) is 12.5 Å². The van der Waals surface area contributed by atoms with E-state index in [-0.39, 0.29) is 5.97 Å². The molecule has 0 aromatic heterocycles. The van der Waals surface area contributed by atoms with Crippen molar-refractivity contribution in [1.82, 2.24) is 0 Å². The Hall–Kier alpha value is -1.06. The molecule has 4 heteroatoms. The molecule has 122 valence electrons. The van der Waals surface area contributed by atoms with Crippen LogP contribution in [0, 0.1) is 5.92 Å². The van der Waals surface area contributed by atoms with Gasteiger partial charge in [-0.1, -0.05) is 49.9 Å². The van der Waals surface area contributed by atoms with Crippen molar-refractivity contribution in [2.45, 2.75) is 51.0 Å². The van der Waals surface area contributed by atoms with E-state index in [4.69, 9.17) is 21.1 Å². The molecule has 2 atom stereocenters. The molecule has 1 aromatic carbocycles. The van der Waals surface area contributed by atoms with Crippen LogP contribution in [-0.2, 0) is 20.7 Å². The average Bonchev–Trinajstić information content (AvgIpc) is 3.29. The van der Waals surface area contributed by atoms with Gasteiger partial charge in [-0.2, -0.15) is 0 Å². The lowest BCUT2D eigenvalue weighted by molar-refractivity contribution is -0.147. The molecule has 1 aromatic rings. The zero-order valence-corrected chi connectivity index (χ0v) is 14.2. The molecule has 22 heavy (non-hydrogen) atoms. The molecule has 0 saturated carbocycles. The van der Waals surface area contributed by atoms with Crippen LogP contribution in [0.1, 0.15) is 44.6 Å². The van der Waals surface area contributed by atoms with Crippen molar-refractivity contribution < 1.29 is 14.3 Å². The fourth-order valence-electron chi connectivity index (χ4n) is 3.06. The Bertz CT molecular complexity index is 480. The van der Waals surface area contributed by atoms with Crippen LogP contribution < -0.4 is 0 Å². The van der Waals surface area contributed by atoms with Gasteiger partial charge in [0.25, 0.3) is 0 Å². The molecule has 1 aliphatic heterocycles. The Kier molecular flexibility index (Phi) is 6.27. The number of hydrogen-bond acceptors (Lipinski definition) is 3. The van der Waals surface area contributed by atoms with Crippen molar-refractivity contribution in [2.24, 2.45) is 5.92 Å². The number of carbonyl (C=O) groups excluding carboxylic acids is 1. The average molecular weight is 325 g/mol. The van der Waals surface area contributed by atoms with Gasteiger partial charge in [-0.3, -0.25) is 0 Å². The minimum absolute atomic E-state index is 0.216. The van der Waals surface area contributed by atoms with E-state index >= 15 is 0 Å². The molecule has 0 amide bonds. The van der Waals surface area contributed by atoms with Crippen LogP contribution in [0.3, 0.4) is 0 Å². The van der Waals surface area contributed by atoms with E-state index in [0.717, 1.165) is 43.5 Å². The summed E-state index contributed by atoms with van der Waals surface area (Å²) >= 11 is 5.90. The lowest BCUT2D eigenvalue weighted by Crippen LogP contribution is -2.29. The first kappa shape index (κ1) is 17.3. The Labute approximate surface area is 137 Å². The maximum Gasteiger partial charge on any atom is 0.340 e. The van der Waals surface area contributed by atoms with Crippen molar-refractivity contribution in [3.8, 4) is 0 Å². The molecule has 1 fully saturated rings. The number of esters is 1. The molecule has 2 unspecified atom stereocenters. The Morgan fingerprint density at radius 3 is 2.59 bits per heavy atom. The minimum Gasteiger partial charge on any atom is -0.467 e. The van der Waals surface area contributed by atoms with E-state index in [2.05, 4.69) is 19.1 Å². The Morgan fingerprint density at radius 1 is 1.36 bits per heavy atom. The summed E-state index contributed by atoms with van der Waals surface area (Å²) in [5.41, 5.74) is 0.666. The van der Waals surface area contributed by atoms with E-state index < -0.39 is 5.60 Å². The Morgan fingerprint density at radius 2 is 2.05 bits per heavy atom. The van der Waals surface area contributed by atoms with E-state index in [1.54, 1.807) is 0 Å². The SMILES string of the molecule is CCCC(CCCc1ccc(Cl)cc1)CC1(C(=O)OC)CO1. The van der Waals surface area contributed by atoms with Crippen molar-refractivity contribution >= 4 is 17.6 Å². The van der Waals surface area contributed by atoms with Gasteiger partial charge in [-0.05, 0) is 42.9 Å². The van der Waals surface area contributed by atoms with Crippen molar-refractivity contribution in [3.05, 3.63) is 34.9 Å². The highest BCUT2D eigenvalue weighted by molar-refractivity contribution is 6.30. The van der Waals surface area contributed by atoms with Gasteiger partial charge in [-0.15, -0.1) is 0 Å². The fourth-order valence-corrected chi connectivity index (χ4v) is 3.19. The number of halogens is 1. The van der Waals surface area contributed by atoms with Gasteiger partial charge < -0.3 is 9.47 Å². The van der Waals surface area contributed by atoms with Gasteiger partial charge in [0.15, 0.2) is 5.60 Å².